The molecule has 1 aromatic carbocycles. The first-order chi connectivity index (χ1) is 7.36. The van der Waals surface area contributed by atoms with Crippen LogP contribution < -0.4 is 5.48 Å². The fourth-order valence-electron chi connectivity index (χ4n) is 1.68. The summed E-state index contributed by atoms with van der Waals surface area (Å²) in [6.07, 6.45) is 0. The Morgan fingerprint density at radius 1 is 1.31 bits per heavy atom. The van der Waals surface area contributed by atoms with E-state index in [1.54, 1.807) is 7.11 Å². The second-order valence-electron chi connectivity index (χ2n) is 5.07. The molecule has 0 aromatic heterocycles. The summed E-state index contributed by atoms with van der Waals surface area (Å²) >= 11 is 0. The molecule has 0 saturated heterocycles. The highest BCUT2D eigenvalue weighted by Crippen LogP contribution is 2.32. The molecule has 3 heteroatoms. The summed E-state index contributed by atoms with van der Waals surface area (Å²) in [4.78, 5) is 4.84. The van der Waals surface area contributed by atoms with Crippen molar-refractivity contribution in [3.8, 4) is 5.75 Å². The highest BCUT2D eigenvalue weighted by atomic mass is 16.6. The van der Waals surface area contributed by atoms with Crippen LogP contribution in [-0.2, 0) is 16.8 Å². The standard InChI is InChI=1S/C13H21NO2/c1-9-6-12(15)11(13(2,3)4)7-10(9)8-14-16-5/h6-7,14-15H,8H2,1-5H3. The Morgan fingerprint density at radius 3 is 2.44 bits per heavy atom. The van der Waals surface area contributed by atoms with E-state index in [1.807, 2.05) is 19.1 Å². The van der Waals surface area contributed by atoms with Crippen LogP contribution in [0.2, 0.25) is 0 Å². The molecule has 2 N–H and O–H groups in total. The van der Waals surface area contributed by atoms with Crippen molar-refractivity contribution in [2.45, 2.75) is 39.7 Å². The van der Waals surface area contributed by atoms with E-state index < -0.39 is 0 Å². The first-order valence-electron chi connectivity index (χ1n) is 5.45. The van der Waals surface area contributed by atoms with Gasteiger partial charge in [0.2, 0.25) is 0 Å². The molecule has 90 valence electrons. The van der Waals surface area contributed by atoms with E-state index >= 15 is 0 Å². The van der Waals surface area contributed by atoms with Gasteiger partial charge in [-0.3, -0.25) is 0 Å². The predicted molar refractivity (Wildman–Crippen MR) is 65.4 cm³/mol. The smallest absolute Gasteiger partial charge is 0.119 e. The number of aromatic hydroxyl groups is 1. The van der Waals surface area contributed by atoms with Crippen LogP contribution in [-0.4, -0.2) is 12.2 Å². The van der Waals surface area contributed by atoms with Crippen LogP contribution in [0.1, 0.15) is 37.5 Å². The highest BCUT2D eigenvalue weighted by molar-refractivity contribution is 5.44. The zero-order chi connectivity index (χ0) is 12.3. The molecule has 0 amide bonds. The molecular weight excluding hydrogens is 202 g/mol. The third kappa shape index (κ3) is 2.97. The molecule has 16 heavy (non-hydrogen) atoms. The van der Waals surface area contributed by atoms with E-state index in [1.165, 1.54) is 0 Å². The third-order valence-corrected chi connectivity index (χ3v) is 2.67. The largest absolute Gasteiger partial charge is 0.508 e. The quantitative estimate of drug-likeness (QED) is 0.774. The molecule has 0 spiro atoms. The number of benzene rings is 1. The first-order valence-corrected chi connectivity index (χ1v) is 5.45. The maximum atomic E-state index is 9.93. The van der Waals surface area contributed by atoms with E-state index in [4.69, 9.17) is 4.84 Å². The Hall–Kier alpha value is -1.06. The van der Waals surface area contributed by atoms with Gasteiger partial charge in [0, 0.05) is 6.54 Å². The van der Waals surface area contributed by atoms with Gasteiger partial charge in [-0.1, -0.05) is 20.8 Å². The summed E-state index contributed by atoms with van der Waals surface area (Å²) < 4.78 is 0. The molecule has 0 radical (unpaired) electrons. The van der Waals surface area contributed by atoms with Gasteiger partial charge in [0.25, 0.3) is 0 Å². The summed E-state index contributed by atoms with van der Waals surface area (Å²) in [5.74, 6) is 0.367. The van der Waals surface area contributed by atoms with Crippen LogP contribution in [0.3, 0.4) is 0 Å². The topological polar surface area (TPSA) is 41.5 Å². The van der Waals surface area contributed by atoms with E-state index in [2.05, 4.69) is 26.3 Å². The number of hydroxylamine groups is 1. The lowest BCUT2D eigenvalue weighted by molar-refractivity contribution is 0.0865. The van der Waals surface area contributed by atoms with Gasteiger partial charge in [-0.15, -0.1) is 0 Å². The predicted octanol–water partition coefficient (Wildman–Crippen LogP) is 2.65. The third-order valence-electron chi connectivity index (χ3n) is 2.67. The first kappa shape index (κ1) is 13.0. The number of hydrogen-bond acceptors (Lipinski definition) is 3. The van der Waals surface area contributed by atoms with Crippen molar-refractivity contribution >= 4 is 0 Å². The Kier molecular flexibility index (Phi) is 3.94. The van der Waals surface area contributed by atoms with Crippen molar-refractivity contribution in [2.75, 3.05) is 7.11 Å². The van der Waals surface area contributed by atoms with E-state index in [0.29, 0.717) is 12.3 Å². The lowest BCUT2D eigenvalue weighted by Crippen LogP contribution is -2.15. The minimum atomic E-state index is -0.0559. The SMILES string of the molecule is CONCc1cc(C(C)(C)C)c(O)cc1C. The van der Waals surface area contributed by atoms with Crippen LogP contribution in [0.5, 0.6) is 5.75 Å². The molecule has 3 nitrogen and oxygen atoms in total. The van der Waals surface area contributed by atoms with Gasteiger partial charge in [-0.05, 0) is 41.2 Å². The van der Waals surface area contributed by atoms with Crippen LogP contribution >= 0.6 is 0 Å². The molecule has 1 rings (SSSR count). The Balaban J connectivity index is 3.11. The summed E-state index contributed by atoms with van der Waals surface area (Å²) in [5.41, 5.74) is 5.94. The molecule has 0 fully saturated rings. The lowest BCUT2D eigenvalue weighted by Gasteiger charge is -2.22. The van der Waals surface area contributed by atoms with Crippen LogP contribution in [0.4, 0.5) is 0 Å². The highest BCUT2D eigenvalue weighted by Gasteiger charge is 2.19. The van der Waals surface area contributed by atoms with Crippen LogP contribution in [0.15, 0.2) is 12.1 Å². The van der Waals surface area contributed by atoms with Gasteiger partial charge < -0.3 is 9.94 Å². The molecule has 0 aliphatic rings. The minimum Gasteiger partial charge on any atom is -0.508 e. The zero-order valence-corrected chi connectivity index (χ0v) is 10.7. The van der Waals surface area contributed by atoms with E-state index in [0.717, 1.165) is 16.7 Å². The molecule has 0 atom stereocenters. The summed E-state index contributed by atoms with van der Waals surface area (Å²) in [5, 5.41) is 9.93. The Morgan fingerprint density at radius 2 is 1.94 bits per heavy atom. The normalized spacial score (nSPS) is 11.8. The van der Waals surface area contributed by atoms with Crippen molar-refractivity contribution in [3.63, 3.8) is 0 Å². The fourth-order valence-corrected chi connectivity index (χ4v) is 1.68. The van der Waals surface area contributed by atoms with Crippen molar-refractivity contribution in [1.29, 1.82) is 0 Å². The van der Waals surface area contributed by atoms with E-state index in [-0.39, 0.29) is 5.41 Å². The van der Waals surface area contributed by atoms with Gasteiger partial charge in [0.15, 0.2) is 0 Å². The average molecular weight is 223 g/mol. The molecule has 0 bridgehead atoms. The fraction of sp³-hybridized carbons (Fsp3) is 0.538. The van der Waals surface area contributed by atoms with Crippen molar-refractivity contribution in [2.24, 2.45) is 0 Å². The second-order valence-corrected chi connectivity index (χ2v) is 5.07. The molecule has 0 heterocycles. The van der Waals surface area contributed by atoms with Crippen LogP contribution in [0.25, 0.3) is 0 Å². The molecule has 1 aromatic rings. The summed E-state index contributed by atoms with van der Waals surface area (Å²) in [6.45, 7) is 8.89. The Bertz CT molecular complexity index is 367. The van der Waals surface area contributed by atoms with Crippen LogP contribution in [0, 0.1) is 6.92 Å². The molecular formula is C13H21NO2. The second kappa shape index (κ2) is 4.85. The molecule has 0 unspecified atom stereocenters. The van der Waals surface area contributed by atoms with Gasteiger partial charge in [-0.25, -0.2) is 0 Å². The molecule has 0 aliphatic heterocycles. The summed E-state index contributed by atoms with van der Waals surface area (Å²) in [7, 11) is 1.60. The number of aryl methyl sites for hydroxylation is 1. The number of rotatable bonds is 3. The zero-order valence-electron chi connectivity index (χ0n) is 10.7. The number of nitrogens with one attached hydrogen (secondary N) is 1. The average Bonchev–Trinajstić information content (AvgIpc) is 2.14. The monoisotopic (exact) mass is 223 g/mol. The van der Waals surface area contributed by atoms with Gasteiger partial charge in [0.1, 0.15) is 5.75 Å². The van der Waals surface area contributed by atoms with Crippen molar-refractivity contribution < 1.29 is 9.94 Å². The number of hydrogen-bond donors (Lipinski definition) is 2. The Labute approximate surface area is 97.4 Å². The van der Waals surface area contributed by atoms with Crippen molar-refractivity contribution in [3.05, 3.63) is 28.8 Å². The number of phenolic OH excluding ortho intramolecular Hbond substituents is 1. The minimum absolute atomic E-state index is 0.0559. The lowest BCUT2D eigenvalue weighted by atomic mass is 9.84. The molecule has 0 saturated carbocycles. The number of phenols is 1. The maximum Gasteiger partial charge on any atom is 0.119 e. The summed E-state index contributed by atoms with van der Waals surface area (Å²) in [6, 6.07) is 3.85. The van der Waals surface area contributed by atoms with Gasteiger partial charge >= 0.3 is 0 Å². The van der Waals surface area contributed by atoms with E-state index in [9.17, 15) is 5.11 Å². The maximum absolute atomic E-state index is 9.93. The van der Waals surface area contributed by atoms with Crippen molar-refractivity contribution in [1.82, 2.24) is 5.48 Å². The van der Waals surface area contributed by atoms with Gasteiger partial charge in [0.05, 0.1) is 7.11 Å². The van der Waals surface area contributed by atoms with Gasteiger partial charge in [-0.2, -0.15) is 5.48 Å². The molecule has 0 aliphatic carbocycles.